The number of hydrogen-bond acceptors (Lipinski definition) is 18. The van der Waals surface area contributed by atoms with Gasteiger partial charge in [-0.1, -0.05) is 241 Å². The molecule has 2 N–H and O–H groups in total. The third-order valence-corrected chi connectivity index (χ3v) is 16.8. The van der Waals surface area contributed by atoms with E-state index in [-0.39, 0.29) is 52.4 Å². The average molecular weight is 1310 g/mol. The molecule has 2 rings (SSSR count). The van der Waals surface area contributed by atoms with Gasteiger partial charge in [-0.15, -0.1) is 13.2 Å². The number of phosphoric acid groups is 1. The van der Waals surface area contributed by atoms with E-state index in [1.165, 1.54) is 115 Å². The number of amides is 1. The minimum absolute atomic E-state index is 0.0243. The van der Waals surface area contributed by atoms with Crippen LogP contribution in [0.4, 0.5) is 9.59 Å². The number of rotatable bonds is 55. The Kier molecular flexibility index (Phi) is 47.7. The number of phosphoric ester groups is 1. The quantitative estimate of drug-likeness (QED) is 0.0190. The van der Waals surface area contributed by atoms with Gasteiger partial charge in [-0.05, 0) is 25.7 Å². The van der Waals surface area contributed by atoms with Crippen molar-refractivity contribution in [2.45, 2.75) is 278 Å². The second kappa shape index (κ2) is 51.0. The Balaban J connectivity index is 2.61. The maximum absolute atomic E-state index is 14.5. The van der Waals surface area contributed by atoms with E-state index in [2.05, 4.69) is 45.8 Å². The number of carbonyl (C=O) groups is 2. The highest BCUT2D eigenvalue weighted by atomic mass is 35.6. The molecule has 11 atom stereocenters. The maximum atomic E-state index is 14.5. The number of nitrogens with one attached hydrogen (secondary N) is 1. The molecule has 1 amide bonds. The van der Waals surface area contributed by atoms with E-state index in [1.807, 2.05) is 0 Å². The number of hydrogen-bond donors (Lipinski definition) is 2. The highest BCUT2D eigenvalue weighted by Gasteiger charge is 2.54. The van der Waals surface area contributed by atoms with Crippen molar-refractivity contribution >= 4 is 54.9 Å². The summed E-state index contributed by atoms with van der Waals surface area (Å²) in [5.74, 6) is 0. The van der Waals surface area contributed by atoms with Crippen LogP contribution >= 0.6 is 42.6 Å². The number of carbonyl (C=O) groups excluding carboxylic acids is 2. The van der Waals surface area contributed by atoms with Crippen molar-refractivity contribution in [3.05, 3.63) is 38.0 Å². The molecule has 2 fully saturated rings. The predicted molar refractivity (Wildman–Crippen MR) is 338 cm³/mol. The average Bonchev–Trinajstić information content (AvgIpc) is 1.13. The van der Waals surface area contributed by atoms with Gasteiger partial charge in [-0.3, -0.25) is 13.6 Å². The zero-order valence-electron chi connectivity index (χ0n) is 53.0. The van der Waals surface area contributed by atoms with E-state index < -0.39 is 98.4 Å². The van der Waals surface area contributed by atoms with Gasteiger partial charge in [0.2, 0.25) is 3.79 Å². The standard InChI is InChI=1S/C63H113Cl3NO18P/c1-9-15-18-21-23-25-27-28-30-32-35-38-45-75-58-57(74-44-37-34-31-29-26-24-22-19-16-10-2)54(84-62(70)77-41-12-4)52(82-59(58)68)48-78-60-53(67-61(69)79-49-63(64,65)66)56(76-46-40-50(73-8)39-36-33-20-17-11-3)55(51(83-60)47-72-7)85-86(71,80-42-13-5)81-43-14-6/h12-14,50-60,68H,4-6,9-11,15-49H2,1-3,7-8H3,(H,67,69)/t50-,51-,52-,53-,54-,55-,56-,57+,58-,59?,60-/m1/s1. The Labute approximate surface area is 532 Å². The Morgan fingerprint density at radius 3 is 1.53 bits per heavy atom. The molecule has 0 spiro atoms. The first kappa shape index (κ1) is 80.5. The molecule has 0 aromatic rings. The maximum Gasteiger partial charge on any atom is 0.509 e. The van der Waals surface area contributed by atoms with Crippen molar-refractivity contribution in [3.63, 3.8) is 0 Å². The van der Waals surface area contributed by atoms with Crippen molar-refractivity contribution in [1.29, 1.82) is 0 Å². The molecule has 0 saturated carbocycles. The fraction of sp³-hybridized carbons (Fsp3) is 0.873. The molecular formula is C63H113Cl3NO18P. The van der Waals surface area contributed by atoms with Crippen LogP contribution in [0.2, 0.25) is 0 Å². The van der Waals surface area contributed by atoms with E-state index in [1.54, 1.807) is 7.11 Å². The summed E-state index contributed by atoms with van der Waals surface area (Å²) in [4.78, 5) is 27.4. The third kappa shape index (κ3) is 36.4. The van der Waals surface area contributed by atoms with Crippen LogP contribution in [0.25, 0.3) is 0 Å². The minimum Gasteiger partial charge on any atom is -0.445 e. The van der Waals surface area contributed by atoms with E-state index in [0.29, 0.717) is 12.8 Å². The van der Waals surface area contributed by atoms with Crippen LogP contribution in [0.15, 0.2) is 38.0 Å². The number of alkyl carbamates (subject to hydrolysis) is 1. The molecule has 0 radical (unpaired) electrons. The molecule has 1 unspecified atom stereocenters. The lowest BCUT2D eigenvalue weighted by Crippen LogP contribution is -2.67. The molecule has 86 heavy (non-hydrogen) atoms. The lowest BCUT2D eigenvalue weighted by atomic mass is 9.96. The molecule has 0 bridgehead atoms. The first-order valence-electron chi connectivity index (χ1n) is 32.3. The lowest BCUT2D eigenvalue weighted by Gasteiger charge is -2.47. The summed E-state index contributed by atoms with van der Waals surface area (Å²) in [5, 5.41) is 14.7. The highest BCUT2D eigenvalue weighted by Crippen LogP contribution is 2.52. The Bertz CT molecular complexity index is 1760. The van der Waals surface area contributed by atoms with Crippen molar-refractivity contribution in [2.75, 3.05) is 73.7 Å². The predicted octanol–water partition coefficient (Wildman–Crippen LogP) is 15.7. The lowest BCUT2D eigenvalue weighted by molar-refractivity contribution is -0.323. The Morgan fingerprint density at radius 2 is 1.05 bits per heavy atom. The number of unbranched alkanes of at least 4 members (excludes halogenated alkanes) is 24. The van der Waals surface area contributed by atoms with Crippen molar-refractivity contribution < 1.29 is 84.9 Å². The van der Waals surface area contributed by atoms with Gasteiger partial charge in [-0.2, -0.15) is 0 Å². The number of methoxy groups -OCH3 is 2. The molecular weight excluding hydrogens is 1200 g/mol. The molecule has 2 aliphatic rings. The van der Waals surface area contributed by atoms with Crippen LogP contribution in [-0.4, -0.2) is 162 Å². The highest BCUT2D eigenvalue weighted by molar-refractivity contribution is 7.48. The summed E-state index contributed by atoms with van der Waals surface area (Å²) in [6, 6.07) is -1.40. The summed E-state index contributed by atoms with van der Waals surface area (Å²) < 4.78 is 97.7. The summed E-state index contributed by atoms with van der Waals surface area (Å²) >= 11 is 18.1. The number of aliphatic hydroxyl groups excluding tert-OH is 1. The molecule has 2 aliphatic heterocycles. The second-order valence-corrected chi connectivity index (χ2v) is 26.4. The van der Waals surface area contributed by atoms with E-state index in [0.717, 1.165) is 83.5 Å². The summed E-state index contributed by atoms with van der Waals surface area (Å²) in [7, 11) is -1.46. The smallest absolute Gasteiger partial charge is 0.445 e. The van der Waals surface area contributed by atoms with Gasteiger partial charge in [0, 0.05) is 34.0 Å². The van der Waals surface area contributed by atoms with Crippen LogP contribution in [0.1, 0.15) is 207 Å². The van der Waals surface area contributed by atoms with E-state index >= 15 is 0 Å². The van der Waals surface area contributed by atoms with Crippen molar-refractivity contribution in [3.8, 4) is 0 Å². The van der Waals surface area contributed by atoms with E-state index in [4.69, 9.17) is 100 Å². The zero-order chi connectivity index (χ0) is 63.1. The molecule has 19 nitrogen and oxygen atoms in total. The fourth-order valence-electron chi connectivity index (χ4n) is 10.3. The normalized spacial score (nSPS) is 22.9. The van der Waals surface area contributed by atoms with Crippen molar-refractivity contribution in [1.82, 2.24) is 5.32 Å². The Morgan fingerprint density at radius 1 is 0.570 bits per heavy atom. The molecule has 0 aliphatic carbocycles. The first-order valence-corrected chi connectivity index (χ1v) is 34.9. The summed E-state index contributed by atoms with van der Waals surface area (Å²) in [6.45, 7) is 16.2. The molecule has 504 valence electrons. The summed E-state index contributed by atoms with van der Waals surface area (Å²) in [5.41, 5.74) is 0. The van der Waals surface area contributed by atoms with Crippen LogP contribution < -0.4 is 5.32 Å². The Hall–Kier alpha value is -1.62. The van der Waals surface area contributed by atoms with E-state index in [9.17, 15) is 19.3 Å². The monoisotopic (exact) mass is 1310 g/mol. The minimum atomic E-state index is -4.51. The number of aliphatic hydroxyl groups is 1. The largest absolute Gasteiger partial charge is 0.509 e. The van der Waals surface area contributed by atoms with Gasteiger partial charge in [0.05, 0.1) is 32.5 Å². The second-order valence-electron chi connectivity index (χ2n) is 22.3. The van der Waals surface area contributed by atoms with Gasteiger partial charge in [0.15, 0.2) is 18.7 Å². The number of ether oxygens (including phenoxy) is 11. The van der Waals surface area contributed by atoms with Crippen molar-refractivity contribution in [2.24, 2.45) is 0 Å². The van der Waals surface area contributed by atoms with Gasteiger partial charge >= 0.3 is 20.1 Å². The molecule has 0 aromatic carbocycles. The van der Waals surface area contributed by atoms with Crippen LogP contribution in [0.5, 0.6) is 0 Å². The summed E-state index contributed by atoms with van der Waals surface area (Å²) in [6.07, 6.45) is 21.6. The van der Waals surface area contributed by atoms with Gasteiger partial charge in [-0.25, -0.2) is 14.2 Å². The topological polar surface area (TPSA) is 213 Å². The number of alkyl halides is 3. The van der Waals surface area contributed by atoms with Gasteiger partial charge < -0.3 is 62.5 Å². The third-order valence-electron chi connectivity index (χ3n) is 15.0. The zero-order valence-corrected chi connectivity index (χ0v) is 56.2. The van der Waals surface area contributed by atoms with Crippen LogP contribution in [-0.2, 0) is 70.2 Å². The van der Waals surface area contributed by atoms with Crippen LogP contribution in [0, 0.1) is 0 Å². The first-order chi connectivity index (χ1) is 41.6. The van der Waals surface area contributed by atoms with Gasteiger partial charge in [0.25, 0.3) is 0 Å². The number of halogens is 3. The molecule has 0 aromatic heterocycles. The van der Waals surface area contributed by atoms with Crippen LogP contribution in [0.3, 0.4) is 0 Å². The molecule has 2 heterocycles. The SMILES string of the molecule is C=CCOC(=O)O[C@H]1[C@H](OCCCCCCCCCCCC)[C@@H](OCCCCCCCCCCCCCC)C(O)O[C@@H]1CO[C@@H]1O[C@H](COC)[C@@H](OP(=O)(OCC=C)OCC=C)[C@H](OCC[C@@H](CCCCCCC)OC)[C@H]1NC(=O)OCC(Cl)(Cl)Cl. The molecule has 2 saturated heterocycles. The fourth-order valence-corrected chi connectivity index (χ4v) is 11.8. The molecule has 23 heteroatoms. The van der Waals surface area contributed by atoms with Gasteiger partial charge in [0.1, 0.15) is 55.9 Å².